The number of hydrogen-bond donors (Lipinski definition) is 1. The van der Waals surface area contributed by atoms with E-state index in [1.54, 1.807) is 6.07 Å². The van der Waals surface area contributed by atoms with Gasteiger partial charge >= 0.3 is 0 Å². The first-order chi connectivity index (χ1) is 17.6. The lowest BCUT2D eigenvalue weighted by Crippen LogP contribution is -2.55. The summed E-state index contributed by atoms with van der Waals surface area (Å²) in [5.41, 5.74) is 0.939. The van der Waals surface area contributed by atoms with Crippen molar-refractivity contribution >= 4 is 28.4 Å². The Hall–Kier alpha value is -4.04. The van der Waals surface area contributed by atoms with Crippen molar-refractivity contribution in [2.75, 3.05) is 25.5 Å². The summed E-state index contributed by atoms with van der Waals surface area (Å²) in [6, 6.07) is 2.90. The zero-order valence-corrected chi connectivity index (χ0v) is 19.6. The van der Waals surface area contributed by atoms with Crippen LogP contribution in [0.15, 0.2) is 24.4 Å². The second-order valence-corrected chi connectivity index (χ2v) is 8.64. The molecule has 4 aromatic rings. The number of benzene rings is 1. The van der Waals surface area contributed by atoms with Crippen LogP contribution >= 0.6 is 0 Å². The van der Waals surface area contributed by atoms with Crippen molar-refractivity contribution in [3.05, 3.63) is 30.2 Å². The van der Waals surface area contributed by atoms with Gasteiger partial charge in [0, 0.05) is 25.2 Å². The fourth-order valence-corrected chi connectivity index (χ4v) is 4.42. The number of ether oxygens (including phenoxy) is 1. The summed E-state index contributed by atoms with van der Waals surface area (Å²) in [7, 11) is 1.33. The third kappa shape index (κ3) is 4.49. The molecule has 1 aliphatic heterocycles. The van der Waals surface area contributed by atoms with Gasteiger partial charge in [0.05, 0.1) is 25.2 Å². The third-order valence-corrected chi connectivity index (χ3v) is 6.22. The summed E-state index contributed by atoms with van der Waals surface area (Å²) in [6.45, 7) is -0.0891. The van der Waals surface area contributed by atoms with Crippen LogP contribution in [-0.2, 0) is 11.3 Å². The van der Waals surface area contributed by atoms with Crippen molar-refractivity contribution in [3.8, 4) is 17.0 Å². The number of nitrogens with one attached hydrogen (secondary N) is 1. The number of aromatic nitrogens is 6. The van der Waals surface area contributed by atoms with E-state index in [0.717, 1.165) is 9.58 Å². The lowest BCUT2D eigenvalue weighted by Gasteiger charge is -2.38. The number of rotatable bonds is 6. The predicted octanol–water partition coefficient (Wildman–Crippen LogP) is 3.22. The molecule has 4 heterocycles. The zero-order valence-electron chi connectivity index (χ0n) is 19.6. The fourth-order valence-electron chi connectivity index (χ4n) is 4.42. The number of alkyl halides is 4. The molecule has 1 fully saturated rings. The number of methoxy groups -OCH3 is 1. The molecule has 0 saturated carbocycles. The van der Waals surface area contributed by atoms with Crippen LogP contribution in [0.2, 0.25) is 0 Å². The van der Waals surface area contributed by atoms with Gasteiger partial charge in [0.2, 0.25) is 17.7 Å². The largest absolute Gasteiger partial charge is 0.479 e. The monoisotopic (exact) mass is 524 g/mol. The lowest BCUT2D eigenvalue weighted by atomic mass is 10.0. The van der Waals surface area contributed by atoms with Gasteiger partial charge in [-0.1, -0.05) is 5.21 Å². The van der Waals surface area contributed by atoms with E-state index in [4.69, 9.17) is 4.74 Å². The first-order valence-electron chi connectivity index (χ1n) is 11.2. The molecular weight excluding hydrogens is 503 g/mol. The van der Waals surface area contributed by atoms with Crippen LogP contribution in [0, 0.1) is 5.82 Å². The maximum atomic E-state index is 14.8. The van der Waals surface area contributed by atoms with Crippen LogP contribution in [0.3, 0.4) is 0 Å². The van der Waals surface area contributed by atoms with Crippen molar-refractivity contribution in [1.29, 1.82) is 0 Å². The maximum absolute atomic E-state index is 14.8. The Kier molecular flexibility index (Phi) is 6.07. The number of nitrogens with zero attached hydrogens (tertiary/aromatic N) is 7. The smallest absolute Gasteiger partial charge is 0.285 e. The molecular formula is C22H21F5N8O2. The highest BCUT2D eigenvalue weighted by Gasteiger charge is 2.45. The summed E-state index contributed by atoms with van der Waals surface area (Å²) >= 11 is 0. The molecule has 1 amide bonds. The van der Waals surface area contributed by atoms with Gasteiger partial charge in [-0.2, -0.15) is 4.98 Å². The third-order valence-electron chi connectivity index (χ3n) is 6.22. The zero-order chi connectivity index (χ0) is 26.5. The molecule has 1 saturated heterocycles. The van der Waals surface area contributed by atoms with E-state index in [2.05, 4.69) is 25.7 Å². The quantitative estimate of drug-likeness (QED) is 0.387. The van der Waals surface area contributed by atoms with E-state index >= 15 is 0 Å². The molecule has 3 aromatic heterocycles. The molecule has 15 heteroatoms. The van der Waals surface area contributed by atoms with Crippen molar-refractivity contribution in [2.45, 2.75) is 38.3 Å². The highest BCUT2D eigenvalue weighted by molar-refractivity contribution is 5.89. The summed E-state index contributed by atoms with van der Waals surface area (Å²) in [5.74, 6) is -4.53. The predicted molar refractivity (Wildman–Crippen MR) is 121 cm³/mol. The van der Waals surface area contributed by atoms with Gasteiger partial charge in [0.15, 0.2) is 5.82 Å². The second-order valence-electron chi connectivity index (χ2n) is 8.64. The number of hydrogen-bond acceptors (Lipinski definition) is 7. The number of likely N-dealkylation sites (tertiary alicyclic amines) is 1. The van der Waals surface area contributed by atoms with E-state index < -0.39 is 43.2 Å². The van der Waals surface area contributed by atoms with E-state index in [0.29, 0.717) is 16.6 Å². The fraction of sp³-hybridized carbons (Fsp3) is 0.409. The molecule has 196 valence electrons. The van der Waals surface area contributed by atoms with E-state index in [-0.39, 0.29) is 35.8 Å². The molecule has 1 aromatic carbocycles. The van der Waals surface area contributed by atoms with Crippen LogP contribution in [-0.4, -0.2) is 79.0 Å². The maximum Gasteiger partial charge on any atom is 0.285 e. The van der Waals surface area contributed by atoms with Gasteiger partial charge in [-0.25, -0.2) is 31.1 Å². The van der Waals surface area contributed by atoms with E-state index in [1.807, 2.05) is 0 Å². The number of anilines is 1. The Bertz CT molecular complexity index is 1490. The van der Waals surface area contributed by atoms with Crippen LogP contribution < -0.4 is 10.1 Å². The van der Waals surface area contributed by atoms with Gasteiger partial charge < -0.3 is 15.0 Å². The minimum atomic E-state index is -3.22. The van der Waals surface area contributed by atoms with Crippen molar-refractivity contribution in [3.63, 3.8) is 0 Å². The topological polar surface area (TPSA) is 102 Å². The SMILES string of the molecule is COc1nc(N[C@@H]2CCN(C(C)=O)CC2(F)F)nn2ccc(-c3cc(F)c4nnn(CC(F)F)c4c3)c12. The summed E-state index contributed by atoms with van der Waals surface area (Å²) in [6.07, 6.45) is -1.23. The standard InChI is InChI=1S/C22H21F5N8O2/c1-11(36)33-5-4-16(22(26,27)10-33)28-21-29-20(37-2)19-13(3-6-34(19)31-21)12-7-14(23)18-15(8-12)35(32-30-18)9-17(24)25/h3,6-8,16-17H,4-5,9-10H2,1-2H3,(H,28,31)/t16-/m1/s1. The number of piperidine rings is 1. The number of halogens is 5. The molecule has 0 unspecified atom stereocenters. The van der Waals surface area contributed by atoms with Gasteiger partial charge in [-0.3, -0.25) is 4.79 Å². The molecule has 0 bridgehead atoms. The molecule has 0 aliphatic carbocycles. The molecule has 37 heavy (non-hydrogen) atoms. The second kappa shape index (κ2) is 9.12. The number of fused-ring (bicyclic) bond motifs is 2. The molecule has 1 N–H and O–H groups in total. The van der Waals surface area contributed by atoms with Gasteiger partial charge in [-0.15, -0.1) is 10.2 Å². The van der Waals surface area contributed by atoms with Crippen LogP contribution in [0.1, 0.15) is 13.3 Å². The Morgan fingerprint density at radius 2 is 2.11 bits per heavy atom. The summed E-state index contributed by atoms with van der Waals surface area (Å²) < 4.78 is 77.6. The molecule has 1 aliphatic rings. The Balaban J connectivity index is 1.51. The minimum absolute atomic E-state index is 0.0155. The van der Waals surface area contributed by atoms with Crippen LogP contribution in [0.5, 0.6) is 5.88 Å². The summed E-state index contributed by atoms with van der Waals surface area (Å²) in [4.78, 5) is 16.8. The molecule has 0 spiro atoms. The van der Waals surface area contributed by atoms with Crippen molar-refractivity contribution in [1.82, 2.24) is 34.5 Å². The highest BCUT2D eigenvalue weighted by Crippen LogP contribution is 2.35. The van der Waals surface area contributed by atoms with Gasteiger partial charge in [-0.05, 0) is 30.2 Å². The molecule has 5 rings (SSSR count). The van der Waals surface area contributed by atoms with Crippen LogP contribution in [0.4, 0.5) is 27.9 Å². The highest BCUT2D eigenvalue weighted by atomic mass is 19.3. The number of amides is 1. The average molecular weight is 524 g/mol. The normalized spacial score (nSPS) is 17.6. The average Bonchev–Trinajstić information content (AvgIpc) is 3.44. The molecule has 1 atom stereocenters. The summed E-state index contributed by atoms with van der Waals surface area (Å²) in [5, 5.41) is 14.1. The number of carbonyl (C=O) groups excluding carboxylic acids is 1. The van der Waals surface area contributed by atoms with Crippen molar-refractivity contribution in [2.24, 2.45) is 0 Å². The first kappa shape index (κ1) is 24.6. The Labute approximate surface area is 206 Å². The molecule has 10 nitrogen and oxygen atoms in total. The Morgan fingerprint density at radius 3 is 2.78 bits per heavy atom. The minimum Gasteiger partial charge on any atom is -0.479 e. The van der Waals surface area contributed by atoms with E-state index in [9.17, 15) is 26.7 Å². The van der Waals surface area contributed by atoms with Gasteiger partial charge in [0.25, 0.3) is 12.3 Å². The Morgan fingerprint density at radius 1 is 1.32 bits per heavy atom. The van der Waals surface area contributed by atoms with Crippen molar-refractivity contribution < 1.29 is 31.5 Å². The lowest BCUT2D eigenvalue weighted by molar-refractivity contribution is -0.140. The molecule has 0 radical (unpaired) electrons. The number of carbonyl (C=O) groups is 1. The van der Waals surface area contributed by atoms with Gasteiger partial charge in [0.1, 0.15) is 17.6 Å². The van der Waals surface area contributed by atoms with E-state index in [1.165, 1.54) is 36.9 Å². The van der Waals surface area contributed by atoms with Crippen LogP contribution in [0.25, 0.3) is 27.7 Å². The first-order valence-corrected chi connectivity index (χ1v) is 11.2.